The van der Waals surface area contributed by atoms with E-state index in [1.165, 1.54) is 6.20 Å². The van der Waals surface area contributed by atoms with Gasteiger partial charge in [-0.05, 0) is 6.07 Å². The van der Waals surface area contributed by atoms with Crippen molar-refractivity contribution in [3.05, 3.63) is 36.0 Å². The van der Waals surface area contributed by atoms with Gasteiger partial charge in [-0.25, -0.2) is 4.29 Å². The number of rotatable bonds is 3. The van der Waals surface area contributed by atoms with Crippen molar-refractivity contribution in [1.82, 2.24) is 4.98 Å². The molecule has 1 aromatic carbocycles. The molecule has 0 unspecified atom stereocenters. The highest BCUT2D eigenvalue weighted by molar-refractivity contribution is 6.07. The van der Waals surface area contributed by atoms with E-state index in [0.717, 1.165) is 5.52 Å². The second kappa shape index (κ2) is 5.78. The van der Waals surface area contributed by atoms with Crippen molar-refractivity contribution in [3.63, 3.8) is 0 Å². The lowest BCUT2D eigenvalue weighted by molar-refractivity contribution is -0.318. The van der Waals surface area contributed by atoms with Crippen LogP contribution >= 0.6 is 11.9 Å². The van der Waals surface area contributed by atoms with Gasteiger partial charge in [0.2, 0.25) is 6.29 Å². The predicted molar refractivity (Wildman–Crippen MR) is 76.9 cm³/mol. The number of fused-ring (bicyclic) bond motifs is 1. The van der Waals surface area contributed by atoms with Gasteiger partial charge in [-0.1, -0.05) is 18.2 Å². The molecule has 0 bridgehead atoms. The summed E-state index contributed by atoms with van der Waals surface area (Å²) in [6.45, 7) is -0.574. The number of hydrogen-bond donors (Lipinski definition) is 5. The van der Waals surface area contributed by atoms with Crippen LogP contribution in [-0.2, 0) is 14.6 Å². The Kier molecular flexibility index (Phi) is 4.13. The molecule has 5 atom stereocenters. The van der Waals surface area contributed by atoms with Crippen LogP contribution in [-0.4, -0.2) is 56.6 Å². The lowest BCUT2D eigenvalue weighted by atomic mass is 9.78. The highest BCUT2D eigenvalue weighted by Gasteiger charge is 2.57. The average molecular weight is 330 g/mol. The molecule has 1 aromatic heterocycles. The molecule has 2 heterocycles. The summed E-state index contributed by atoms with van der Waals surface area (Å²) >= 11 is 5.28. The molecule has 0 aliphatic carbocycles. The van der Waals surface area contributed by atoms with E-state index in [2.05, 4.69) is 9.27 Å². The van der Waals surface area contributed by atoms with Crippen molar-refractivity contribution in [2.24, 2.45) is 0 Å². The quantitative estimate of drug-likeness (QED) is 0.540. The first-order valence-corrected chi connectivity index (χ1v) is 7.03. The molecule has 0 amide bonds. The molecule has 0 radical (unpaired) electrons. The van der Waals surface area contributed by atoms with Crippen molar-refractivity contribution in [3.8, 4) is 0 Å². The molecular formula is C14H16ClNO6. The summed E-state index contributed by atoms with van der Waals surface area (Å²) in [6, 6.07) is 7.10. The van der Waals surface area contributed by atoms with Crippen molar-refractivity contribution < 1.29 is 29.5 Å². The molecule has 1 fully saturated rings. The van der Waals surface area contributed by atoms with Gasteiger partial charge in [0.1, 0.15) is 18.3 Å². The lowest BCUT2D eigenvalue weighted by Crippen LogP contribution is -2.65. The van der Waals surface area contributed by atoms with Crippen LogP contribution in [0, 0.1) is 0 Å². The first-order chi connectivity index (χ1) is 10.5. The molecule has 0 saturated carbocycles. The summed E-state index contributed by atoms with van der Waals surface area (Å²) in [6.07, 6.45) is -4.30. The molecule has 3 rings (SSSR count). The summed E-state index contributed by atoms with van der Waals surface area (Å²) in [5, 5.41) is 41.7. The Morgan fingerprint density at radius 1 is 1.27 bits per heavy atom. The van der Waals surface area contributed by atoms with Gasteiger partial charge >= 0.3 is 0 Å². The van der Waals surface area contributed by atoms with Crippen molar-refractivity contribution in [2.75, 3.05) is 6.61 Å². The average Bonchev–Trinajstić information content (AvgIpc) is 2.98. The zero-order chi connectivity index (χ0) is 15.9. The second-order valence-corrected chi connectivity index (χ2v) is 5.46. The van der Waals surface area contributed by atoms with Gasteiger partial charge in [-0.15, -0.1) is 0 Å². The largest absolute Gasteiger partial charge is 0.394 e. The fourth-order valence-corrected chi connectivity index (χ4v) is 3.06. The smallest absolute Gasteiger partial charge is 0.207 e. The number of aromatic amines is 1. The normalized spacial score (nSPS) is 35.9. The van der Waals surface area contributed by atoms with Gasteiger partial charge in [0.25, 0.3) is 0 Å². The van der Waals surface area contributed by atoms with E-state index in [4.69, 9.17) is 16.6 Å². The third kappa shape index (κ3) is 2.14. The van der Waals surface area contributed by atoms with Crippen LogP contribution in [0.2, 0.25) is 0 Å². The van der Waals surface area contributed by atoms with E-state index in [9.17, 15) is 20.4 Å². The summed E-state index contributed by atoms with van der Waals surface area (Å²) in [5.41, 5.74) is -1.13. The molecule has 22 heavy (non-hydrogen) atoms. The molecule has 120 valence electrons. The minimum atomic E-state index is -2.12. The topological polar surface area (TPSA) is 115 Å². The lowest BCUT2D eigenvalue weighted by Gasteiger charge is -2.46. The van der Waals surface area contributed by atoms with Gasteiger partial charge in [0.15, 0.2) is 5.60 Å². The molecule has 7 nitrogen and oxygen atoms in total. The molecule has 1 aliphatic rings. The maximum absolute atomic E-state index is 11.0. The number of para-hydroxylation sites is 1. The predicted octanol–water partition coefficient (Wildman–Crippen LogP) is -0.0351. The number of halogens is 1. The zero-order valence-electron chi connectivity index (χ0n) is 11.4. The summed E-state index contributed by atoms with van der Waals surface area (Å²) in [7, 11) is 0. The minimum absolute atomic E-state index is 0.267. The van der Waals surface area contributed by atoms with Gasteiger partial charge in [0.05, 0.1) is 18.5 Å². The van der Waals surface area contributed by atoms with Crippen LogP contribution in [0.1, 0.15) is 5.56 Å². The number of benzene rings is 1. The molecule has 8 heteroatoms. The number of ether oxygens (including phenoxy) is 1. The second-order valence-electron chi connectivity index (χ2n) is 5.28. The maximum atomic E-state index is 11.0. The minimum Gasteiger partial charge on any atom is -0.394 e. The SMILES string of the molecule is OC[C@H]1O[C@H](OCl)[C@H](O)[C@](O)(c2c[nH]c3ccccc23)[C@H]1O. The van der Waals surface area contributed by atoms with E-state index in [1.54, 1.807) is 18.2 Å². The van der Waals surface area contributed by atoms with Crippen LogP contribution in [0.4, 0.5) is 0 Å². The number of aliphatic hydroxyl groups is 4. The first kappa shape index (κ1) is 15.7. The van der Waals surface area contributed by atoms with Gasteiger partial charge in [-0.3, -0.25) is 0 Å². The van der Waals surface area contributed by atoms with Crippen molar-refractivity contribution >= 4 is 22.8 Å². The molecule has 0 spiro atoms. The molecule has 2 aromatic rings. The zero-order valence-corrected chi connectivity index (χ0v) is 12.1. The molecule has 1 aliphatic heterocycles. The van der Waals surface area contributed by atoms with Crippen LogP contribution < -0.4 is 0 Å². The third-order valence-electron chi connectivity index (χ3n) is 4.11. The van der Waals surface area contributed by atoms with E-state index in [0.29, 0.717) is 5.39 Å². The number of nitrogens with one attached hydrogen (secondary N) is 1. The van der Waals surface area contributed by atoms with Gasteiger partial charge in [0, 0.05) is 22.7 Å². The Morgan fingerprint density at radius 2 is 2.00 bits per heavy atom. The summed E-state index contributed by atoms with van der Waals surface area (Å²) in [4.78, 5) is 2.96. The van der Waals surface area contributed by atoms with E-state index < -0.39 is 36.8 Å². The summed E-state index contributed by atoms with van der Waals surface area (Å²) < 4.78 is 9.64. The number of aliphatic hydroxyl groups excluding tert-OH is 3. The Morgan fingerprint density at radius 3 is 2.68 bits per heavy atom. The summed E-state index contributed by atoms with van der Waals surface area (Å²) in [5.74, 6) is 0. The van der Waals surface area contributed by atoms with Crippen LogP contribution in [0.3, 0.4) is 0 Å². The van der Waals surface area contributed by atoms with Crippen LogP contribution in [0.25, 0.3) is 10.9 Å². The Balaban J connectivity index is 2.15. The maximum Gasteiger partial charge on any atom is 0.207 e. The third-order valence-corrected chi connectivity index (χ3v) is 4.28. The van der Waals surface area contributed by atoms with E-state index >= 15 is 0 Å². The van der Waals surface area contributed by atoms with Crippen molar-refractivity contribution in [2.45, 2.75) is 30.2 Å². The fraction of sp³-hybridized carbons (Fsp3) is 0.429. The Hall–Kier alpha value is -1.19. The number of H-pyrrole nitrogens is 1. The van der Waals surface area contributed by atoms with E-state index in [1.807, 2.05) is 6.07 Å². The number of aromatic nitrogens is 1. The fourth-order valence-electron chi connectivity index (χ4n) is 2.92. The molecule has 1 saturated heterocycles. The molecule has 5 N–H and O–H groups in total. The van der Waals surface area contributed by atoms with Gasteiger partial charge in [-0.2, -0.15) is 0 Å². The van der Waals surface area contributed by atoms with E-state index in [-0.39, 0.29) is 5.56 Å². The first-order valence-electron chi connectivity index (χ1n) is 6.72. The van der Waals surface area contributed by atoms with Crippen LogP contribution in [0.15, 0.2) is 30.5 Å². The molecular weight excluding hydrogens is 314 g/mol. The number of hydrogen-bond acceptors (Lipinski definition) is 6. The van der Waals surface area contributed by atoms with Gasteiger partial charge < -0.3 is 30.1 Å². The standard InChI is InChI=1S/C14H16ClNO6/c15-22-13-12(19)14(20,11(18)10(6-17)21-13)8-5-16-9-4-2-1-3-7(8)9/h1-5,10-13,16-20H,6H2/t10-,11+,12+,13-,14+/m1/s1. The highest BCUT2D eigenvalue weighted by Crippen LogP contribution is 2.41. The highest BCUT2D eigenvalue weighted by atomic mass is 35.5. The Labute approximate surface area is 130 Å². The monoisotopic (exact) mass is 329 g/mol. The van der Waals surface area contributed by atoms with Crippen LogP contribution in [0.5, 0.6) is 0 Å². The van der Waals surface area contributed by atoms with Crippen molar-refractivity contribution in [1.29, 1.82) is 0 Å². The Bertz CT molecular complexity index is 646.